The summed E-state index contributed by atoms with van der Waals surface area (Å²) in [6.45, 7) is 1.02. The Balaban J connectivity index is 1.84. The van der Waals surface area contributed by atoms with Crippen LogP contribution >= 0.6 is 23.2 Å². The lowest BCUT2D eigenvalue weighted by Crippen LogP contribution is -2.49. The highest BCUT2D eigenvalue weighted by Crippen LogP contribution is 2.22. The third-order valence-electron chi connectivity index (χ3n) is 3.18. The first-order valence-corrected chi connectivity index (χ1v) is 9.42. The number of ether oxygens (including phenoxy) is 1. The zero-order valence-corrected chi connectivity index (χ0v) is 14.7. The van der Waals surface area contributed by atoms with E-state index in [4.69, 9.17) is 27.9 Å². The molecule has 0 saturated carbocycles. The fourth-order valence-electron chi connectivity index (χ4n) is 2.12. The first-order chi connectivity index (χ1) is 10.7. The van der Waals surface area contributed by atoms with E-state index in [1.807, 2.05) is 0 Å². The van der Waals surface area contributed by atoms with E-state index in [-0.39, 0.29) is 13.1 Å². The van der Waals surface area contributed by atoms with Crippen LogP contribution in [0.2, 0.25) is 10.0 Å². The fraction of sp³-hybridized carbons (Fsp3) is 0.462. The minimum atomic E-state index is -3.26. The van der Waals surface area contributed by atoms with Crippen molar-refractivity contribution in [3.05, 3.63) is 28.2 Å². The molecule has 1 aliphatic heterocycles. The molecule has 7 nitrogen and oxygen atoms in total. The number of hydrogen-bond acceptors (Lipinski definition) is 4. The molecule has 128 valence electrons. The van der Waals surface area contributed by atoms with Gasteiger partial charge in [0.1, 0.15) is 0 Å². The first kappa shape index (κ1) is 18.3. The highest BCUT2D eigenvalue weighted by atomic mass is 35.5. The Bertz CT molecular complexity index is 664. The van der Waals surface area contributed by atoms with Gasteiger partial charge in [0.2, 0.25) is 10.0 Å². The Morgan fingerprint density at radius 1 is 1.35 bits per heavy atom. The van der Waals surface area contributed by atoms with E-state index < -0.39 is 22.2 Å². The molecule has 1 saturated heterocycles. The summed E-state index contributed by atoms with van der Waals surface area (Å²) >= 11 is 11.7. The minimum Gasteiger partial charge on any atom is -0.374 e. The number of rotatable bonds is 4. The average molecular weight is 382 g/mol. The molecule has 1 heterocycles. The van der Waals surface area contributed by atoms with Gasteiger partial charge in [-0.15, -0.1) is 0 Å². The van der Waals surface area contributed by atoms with Crippen LogP contribution in [0.15, 0.2) is 18.2 Å². The molecular formula is C13H17Cl2N3O4S. The summed E-state index contributed by atoms with van der Waals surface area (Å²) in [5.41, 5.74) is 0.460. The zero-order valence-electron chi connectivity index (χ0n) is 12.4. The SMILES string of the molecule is CS(=O)(=O)N1CCO[C@@H](CNC(=O)Nc2cc(Cl)cc(Cl)c2)C1. The Hall–Kier alpha value is -1.06. The Morgan fingerprint density at radius 2 is 2.00 bits per heavy atom. The summed E-state index contributed by atoms with van der Waals surface area (Å²) in [4.78, 5) is 11.9. The average Bonchev–Trinajstić information content (AvgIpc) is 2.43. The van der Waals surface area contributed by atoms with Crippen molar-refractivity contribution < 1.29 is 17.9 Å². The van der Waals surface area contributed by atoms with Crippen molar-refractivity contribution in [3.63, 3.8) is 0 Å². The number of carbonyl (C=O) groups is 1. The third-order valence-corrected chi connectivity index (χ3v) is 4.89. The monoisotopic (exact) mass is 381 g/mol. The molecule has 0 spiro atoms. The molecule has 0 bridgehead atoms. The van der Waals surface area contributed by atoms with Crippen LogP contribution in [0.1, 0.15) is 0 Å². The molecule has 10 heteroatoms. The number of amides is 2. The van der Waals surface area contributed by atoms with Crippen LogP contribution in [0.25, 0.3) is 0 Å². The lowest BCUT2D eigenvalue weighted by atomic mass is 10.3. The van der Waals surface area contributed by atoms with Crippen molar-refractivity contribution in [2.45, 2.75) is 6.10 Å². The van der Waals surface area contributed by atoms with Crippen LogP contribution in [0.5, 0.6) is 0 Å². The molecule has 2 rings (SSSR count). The molecule has 2 N–H and O–H groups in total. The van der Waals surface area contributed by atoms with Crippen molar-refractivity contribution in [1.29, 1.82) is 0 Å². The summed E-state index contributed by atoms with van der Waals surface area (Å²) in [6.07, 6.45) is 0.755. The van der Waals surface area contributed by atoms with Gasteiger partial charge >= 0.3 is 6.03 Å². The lowest BCUT2D eigenvalue weighted by Gasteiger charge is -2.31. The van der Waals surface area contributed by atoms with Crippen molar-refractivity contribution in [1.82, 2.24) is 9.62 Å². The maximum atomic E-state index is 11.9. The van der Waals surface area contributed by atoms with E-state index >= 15 is 0 Å². The van der Waals surface area contributed by atoms with E-state index in [0.29, 0.717) is 28.9 Å². The van der Waals surface area contributed by atoms with Gasteiger partial charge < -0.3 is 15.4 Å². The smallest absolute Gasteiger partial charge is 0.319 e. The zero-order chi connectivity index (χ0) is 17.0. The summed E-state index contributed by atoms with van der Waals surface area (Å²) < 4.78 is 29.8. The third kappa shape index (κ3) is 5.82. The number of nitrogens with zero attached hydrogens (tertiary/aromatic N) is 1. The molecule has 1 aromatic rings. The predicted molar refractivity (Wildman–Crippen MR) is 89.6 cm³/mol. The molecule has 0 aromatic heterocycles. The molecule has 1 aromatic carbocycles. The van der Waals surface area contributed by atoms with Gasteiger partial charge in [0.05, 0.1) is 19.0 Å². The number of carbonyl (C=O) groups excluding carboxylic acids is 1. The van der Waals surface area contributed by atoms with Crippen LogP contribution in [0, 0.1) is 0 Å². The second kappa shape index (κ2) is 7.67. The highest BCUT2D eigenvalue weighted by Gasteiger charge is 2.26. The number of halogens is 2. The van der Waals surface area contributed by atoms with E-state index in [0.717, 1.165) is 6.26 Å². The Morgan fingerprint density at radius 3 is 2.61 bits per heavy atom. The number of nitrogens with one attached hydrogen (secondary N) is 2. The summed E-state index contributed by atoms with van der Waals surface area (Å²) in [5.74, 6) is 0. The Kier molecular flexibility index (Phi) is 6.10. The summed E-state index contributed by atoms with van der Waals surface area (Å²) in [7, 11) is -3.26. The van der Waals surface area contributed by atoms with Crippen LogP contribution < -0.4 is 10.6 Å². The maximum absolute atomic E-state index is 11.9. The van der Waals surface area contributed by atoms with Gasteiger partial charge in [-0.05, 0) is 18.2 Å². The number of anilines is 1. The fourth-order valence-corrected chi connectivity index (χ4v) is 3.49. The van der Waals surface area contributed by atoms with Crippen molar-refractivity contribution in [2.24, 2.45) is 0 Å². The second-order valence-corrected chi connectivity index (χ2v) is 7.96. The maximum Gasteiger partial charge on any atom is 0.319 e. The summed E-state index contributed by atoms with van der Waals surface area (Å²) in [6, 6.07) is 4.23. The second-order valence-electron chi connectivity index (χ2n) is 5.11. The number of morpholine rings is 1. The molecule has 1 aliphatic rings. The topological polar surface area (TPSA) is 87.7 Å². The predicted octanol–water partition coefficient (Wildman–Crippen LogP) is 1.78. The minimum absolute atomic E-state index is 0.187. The highest BCUT2D eigenvalue weighted by molar-refractivity contribution is 7.88. The van der Waals surface area contributed by atoms with Gasteiger partial charge in [0.15, 0.2) is 0 Å². The number of hydrogen-bond donors (Lipinski definition) is 2. The van der Waals surface area contributed by atoms with Crippen LogP contribution in [-0.2, 0) is 14.8 Å². The molecule has 1 fully saturated rings. The molecule has 0 radical (unpaired) electrons. The lowest BCUT2D eigenvalue weighted by molar-refractivity contribution is 0.00167. The van der Waals surface area contributed by atoms with Gasteiger partial charge in [0, 0.05) is 35.4 Å². The van der Waals surface area contributed by atoms with E-state index in [1.165, 1.54) is 4.31 Å². The largest absolute Gasteiger partial charge is 0.374 e. The molecule has 23 heavy (non-hydrogen) atoms. The molecular weight excluding hydrogens is 365 g/mol. The van der Waals surface area contributed by atoms with Crippen LogP contribution in [-0.4, -0.2) is 57.4 Å². The molecule has 1 atom stereocenters. The molecule has 0 unspecified atom stereocenters. The van der Waals surface area contributed by atoms with E-state index in [9.17, 15) is 13.2 Å². The quantitative estimate of drug-likeness (QED) is 0.831. The van der Waals surface area contributed by atoms with Crippen LogP contribution in [0.4, 0.5) is 10.5 Å². The van der Waals surface area contributed by atoms with Crippen molar-refractivity contribution in [2.75, 3.05) is 37.8 Å². The standard InChI is InChI=1S/C13H17Cl2N3O4S/c1-23(20,21)18-2-3-22-12(8-18)7-16-13(19)17-11-5-9(14)4-10(15)6-11/h4-6,12H,2-3,7-8H2,1H3,(H2,16,17,19)/t12-/m0/s1. The van der Waals surface area contributed by atoms with E-state index in [2.05, 4.69) is 10.6 Å². The Labute approximate surface area is 144 Å². The van der Waals surface area contributed by atoms with Gasteiger partial charge in [-0.2, -0.15) is 4.31 Å². The summed E-state index contributed by atoms with van der Waals surface area (Å²) in [5, 5.41) is 6.05. The normalized spacial score (nSPS) is 19.3. The number of benzene rings is 1. The van der Waals surface area contributed by atoms with Gasteiger partial charge in [-0.1, -0.05) is 23.2 Å². The number of urea groups is 1. The van der Waals surface area contributed by atoms with Gasteiger partial charge in [-0.25, -0.2) is 13.2 Å². The van der Waals surface area contributed by atoms with Crippen LogP contribution in [0.3, 0.4) is 0 Å². The molecule has 0 aliphatic carbocycles. The molecule has 2 amide bonds. The first-order valence-electron chi connectivity index (χ1n) is 6.82. The van der Waals surface area contributed by atoms with Gasteiger partial charge in [0.25, 0.3) is 0 Å². The van der Waals surface area contributed by atoms with E-state index in [1.54, 1.807) is 18.2 Å². The van der Waals surface area contributed by atoms with Gasteiger partial charge in [-0.3, -0.25) is 0 Å². The number of sulfonamides is 1. The van der Waals surface area contributed by atoms with Crippen molar-refractivity contribution >= 4 is 44.9 Å². The van der Waals surface area contributed by atoms with Crippen molar-refractivity contribution in [3.8, 4) is 0 Å².